The van der Waals surface area contributed by atoms with Crippen LogP contribution in [-0.4, -0.2) is 60.8 Å². The highest BCUT2D eigenvalue weighted by molar-refractivity contribution is 7.89. The zero-order chi connectivity index (χ0) is 20.1. The molecule has 2 bridgehead atoms. The number of carbonyl (C=O) groups excluding carboxylic acids is 1. The monoisotopic (exact) mass is 406 g/mol. The maximum atomic E-state index is 13.1. The van der Waals surface area contributed by atoms with E-state index in [0.29, 0.717) is 13.1 Å². The Morgan fingerprint density at radius 1 is 0.964 bits per heavy atom. The van der Waals surface area contributed by atoms with E-state index in [2.05, 4.69) is 0 Å². The number of hydrogen-bond donors (Lipinski definition) is 1. The fourth-order valence-electron chi connectivity index (χ4n) is 5.22. The lowest BCUT2D eigenvalue weighted by molar-refractivity contribution is -0.153. The largest absolute Gasteiger partial charge is 0.481 e. The Bertz CT molecular complexity index is 874. The normalized spacial score (nSPS) is 30.5. The van der Waals surface area contributed by atoms with Gasteiger partial charge in [-0.15, -0.1) is 0 Å². The first-order valence-corrected chi connectivity index (χ1v) is 11.3. The fourth-order valence-corrected chi connectivity index (χ4v) is 6.64. The van der Waals surface area contributed by atoms with Gasteiger partial charge in [-0.05, 0) is 50.2 Å². The number of nitrogens with zero attached hydrogens (tertiary/aromatic N) is 2. The molecule has 8 heteroatoms. The second-order valence-corrected chi connectivity index (χ2v) is 10.2. The lowest BCUT2D eigenvalue weighted by Crippen LogP contribution is -2.53. The van der Waals surface area contributed by atoms with Crippen LogP contribution in [0.5, 0.6) is 0 Å². The number of aliphatic carboxylic acids is 1. The van der Waals surface area contributed by atoms with E-state index in [4.69, 9.17) is 0 Å². The van der Waals surface area contributed by atoms with Crippen molar-refractivity contribution in [3.63, 3.8) is 0 Å². The number of piperazine rings is 1. The third-order valence-corrected chi connectivity index (χ3v) is 8.61. The number of hydrogen-bond acceptors (Lipinski definition) is 4. The summed E-state index contributed by atoms with van der Waals surface area (Å²) in [4.78, 5) is 26.7. The molecule has 3 aliphatic rings. The van der Waals surface area contributed by atoms with Gasteiger partial charge in [0.1, 0.15) is 0 Å². The molecule has 4 atom stereocenters. The zero-order valence-corrected chi connectivity index (χ0v) is 16.8. The van der Waals surface area contributed by atoms with Gasteiger partial charge in [0.15, 0.2) is 0 Å². The van der Waals surface area contributed by atoms with Crippen LogP contribution in [0.3, 0.4) is 0 Å². The van der Waals surface area contributed by atoms with Crippen LogP contribution in [0.1, 0.15) is 24.8 Å². The maximum Gasteiger partial charge on any atom is 0.307 e. The van der Waals surface area contributed by atoms with E-state index in [0.717, 1.165) is 24.8 Å². The van der Waals surface area contributed by atoms with Crippen LogP contribution in [0, 0.1) is 30.6 Å². The Hall–Kier alpha value is -1.93. The third-order valence-electron chi connectivity index (χ3n) is 6.70. The lowest BCUT2D eigenvalue weighted by atomic mass is 9.78. The highest BCUT2D eigenvalue weighted by Crippen LogP contribution is 2.53. The summed E-state index contributed by atoms with van der Waals surface area (Å²) in [6, 6.07) is 6.76. The van der Waals surface area contributed by atoms with Crippen molar-refractivity contribution in [3.8, 4) is 0 Å². The van der Waals surface area contributed by atoms with E-state index >= 15 is 0 Å². The second kappa shape index (κ2) is 7.15. The minimum absolute atomic E-state index is 0.105. The minimum atomic E-state index is -3.58. The van der Waals surface area contributed by atoms with Crippen molar-refractivity contribution in [2.45, 2.75) is 31.1 Å². The highest BCUT2D eigenvalue weighted by Gasteiger charge is 2.55. The molecule has 0 unspecified atom stereocenters. The van der Waals surface area contributed by atoms with Crippen molar-refractivity contribution < 1.29 is 23.1 Å². The van der Waals surface area contributed by atoms with E-state index in [1.807, 2.05) is 6.92 Å². The van der Waals surface area contributed by atoms with Crippen molar-refractivity contribution in [2.24, 2.45) is 23.7 Å². The predicted octanol–water partition coefficient (Wildman–Crippen LogP) is 1.57. The van der Waals surface area contributed by atoms with Gasteiger partial charge in [0.2, 0.25) is 15.9 Å². The molecule has 152 valence electrons. The molecule has 0 aromatic heterocycles. The Balaban J connectivity index is 1.43. The molecule has 1 aromatic rings. The summed E-state index contributed by atoms with van der Waals surface area (Å²) in [7, 11) is -3.58. The number of carboxylic acids is 1. The van der Waals surface area contributed by atoms with Crippen LogP contribution in [0.2, 0.25) is 0 Å². The summed E-state index contributed by atoms with van der Waals surface area (Å²) in [6.07, 6.45) is 2.65. The molecule has 1 aromatic carbocycles. The minimum Gasteiger partial charge on any atom is -0.481 e. The quantitative estimate of drug-likeness (QED) is 0.819. The number of benzene rings is 1. The first kappa shape index (κ1) is 19.4. The van der Waals surface area contributed by atoms with Crippen molar-refractivity contribution in [2.75, 3.05) is 26.2 Å². The summed E-state index contributed by atoms with van der Waals surface area (Å²) in [5.74, 6) is -1.73. The molecule has 2 saturated carbocycles. The molecule has 1 heterocycles. The lowest BCUT2D eigenvalue weighted by Gasteiger charge is -2.37. The van der Waals surface area contributed by atoms with E-state index in [1.165, 1.54) is 4.31 Å². The molecule has 4 rings (SSSR count). The predicted molar refractivity (Wildman–Crippen MR) is 102 cm³/mol. The van der Waals surface area contributed by atoms with E-state index in [-0.39, 0.29) is 35.7 Å². The van der Waals surface area contributed by atoms with Crippen LogP contribution >= 0.6 is 0 Å². The molecular weight excluding hydrogens is 380 g/mol. The maximum absolute atomic E-state index is 13.1. The van der Waals surface area contributed by atoms with Crippen LogP contribution in [0.4, 0.5) is 0 Å². The van der Waals surface area contributed by atoms with Gasteiger partial charge in [-0.1, -0.05) is 17.7 Å². The smallest absolute Gasteiger partial charge is 0.307 e. The molecule has 2 aliphatic carbocycles. The molecule has 1 saturated heterocycles. The van der Waals surface area contributed by atoms with Gasteiger partial charge in [0, 0.05) is 26.2 Å². The first-order valence-electron chi connectivity index (χ1n) is 9.87. The summed E-state index contributed by atoms with van der Waals surface area (Å²) in [5, 5.41) is 9.59. The molecule has 0 spiro atoms. The fraction of sp³-hybridized carbons (Fsp3) is 0.600. The third kappa shape index (κ3) is 3.22. The molecule has 1 N–H and O–H groups in total. The Labute approximate surface area is 165 Å². The summed E-state index contributed by atoms with van der Waals surface area (Å²) >= 11 is 0. The Morgan fingerprint density at radius 3 is 2.11 bits per heavy atom. The Morgan fingerprint density at radius 2 is 1.54 bits per heavy atom. The van der Waals surface area contributed by atoms with Gasteiger partial charge < -0.3 is 10.0 Å². The number of sulfonamides is 1. The molecule has 0 radical (unpaired) electrons. The van der Waals surface area contributed by atoms with Crippen LogP contribution < -0.4 is 0 Å². The molecule has 7 nitrogen and oxygen atoms in total. The van der Waals surface area contributed by atoms with Gasteiger partial charge in [0.05, 0.1) is 16.7 Å². The van der Waals surface area contributed by atoms with Crippen LogP contribution in [0.15, 0.2) is 29.2 Å². The van der Waals surface area contributed by atoms with Crippen molar-refractivity contribution in [1.82, 2.24) is 9.21 Å². The summed E-state index contributed by atoms with van der Waals surface area (Å²) in [6.45, 7) is 3.00. The van der Waals surface area contributed by atoms with E-state index in [1.54, 1.807) is 29.2 Å². The van der Waals surface area contributed by atoms with Crippen LogP contribution in [0.25, 0.3) is 0 Å². The van der Waals surface area contributed by atoms with Gasteiger partial charge in [-0.25, -0.2) is 8.42 Å². The van der Waals surface area contributed by atoms with Crippen molar-refractivity contribution >= 4 is 21.9 Å². The summed E-state index contributed by atoms with van der Waals surface area (Å²) in [5.41, 5.74) is 0.994. The number of carbonyl (C=O) groups is 2. The molecule has 3 fully saturated rings. The SMILES string of the molecule is Cc1ccc(S(=O)(=O)N2CCN(C(=O)[C@H]3[C@@H]4CC[C@@H](C4)[C@@H]3C(=O)O)CC2)cc1. The number of amides is 1. The number of fused-ring (bicyclic) bond motifs is 2. The number of rotatable bonds is 4. The molecular formula is C20H26N2O5S. The van der Waals surface area contributed by atoms with Gasteiger partial charge in [-0.3, -0.25) is 9.59 Å². The van der Waals surface area contributed by atoms with Gasteiger partial charge in [-0.2, -0.15) is 4.31 Å². The molecule has 1 aliphatic heterocycles. The highest BCUT2D eigenvalue weighted by atomic mass is 32.2. The topological polar surface area (TPSA) is 95.0 Å². The number of aryl methyl sites for hydroxylation is 1. The average Bonchev–Trinajstić information content (AvgIpc) is 3.29. The zero-order valence-electron chi connectivity index (χ0n) is 16.0. The van der Waals surface area contributed by atoms with Gasteiger partial charge >= 0.3 is 5.97 Å². The molecule has 28 heavy (non-hydrogen) atoms. The number of carboxylic acid groups (broad SMARTS) is 1. The standard InChI is InChI=1S/C20H26N2O5S/c1-13-2-6-16(7-3-13)28(26,27)22-10-8-21(9-11-22)19(23)17-14-4-5-15(12-14)18(17)20(24)25/h2-3,6-7,14-15,17-18H,4-5,8-12H2,1H3,(H,24,25)/t14-,15+,17+,18+/m1/s1. The van der Waals surface area contributed by atoms with Crippen molar-refractivity contribution in [3.05, 3.63) is 29.8 Å². The summed E-state index contributed by atoms with van der Waals surface area (Å²) < 4.78 is 27.1. The van der Waals surface area contributed by atoms with Crippen LogP contribution in [-0.2, 0) is 19.6 Å². The first-order chi connectivity index (χ1) is 13.3. The van der Waals surface area contributed by atoms with Gasteiger partial charge in [0.25, 0.3) is 0 Å². The van der Waals surface area contributed by atoms with E-state index in [9.17, 15) is 23.1 Å². The molecule has 1 amide bonds. The second-order valence-electron chi connectivity index (χ2n) is 8.27. The average molecular weight is 407 g/mol. The Kier molecular flexibility index (Phi) is 4.95. The van der Waals surface area contributed by atoms with Crippen molar-refractivity contribution in [1.29, 1.82) is 0 Å². The van der Waals surface area contributed by atoms with E-state index < -0.39 is 27.8 Å².